The van der Waals surface area contributed by atoms with Crippen LogP contribution in [0.1, 0.15) is 0 Å². The molecule has 0 radical (unpaired) electrons. The maximum Gasteiger partial charge on any atom is 0.183 e. The highest BCUT2D eigenvalue weighted by Gasteiger charge is 2.25. The first-order valence-corrected chi connectivity index (χ1v) is 6.45. The van der Waals surface area contributed by atoms with Gasteiger partial charge in [0.2, 0.25) is 0 Å². The van der Waals surface area contributed by atoms with Crippen molar-refractivity contribution in [3.05, 3.63) is 30.5 Å². The summed E-state index contributed by atoms with van der Waals surface area (Å²) in [5.74, 6) is 1.14. The lowest BCUT2D eigenvalue weighted by atomic mass is 10.1. The molecular weight excluding hydrogens is 238 g/mol. The van der Waals surface area contributed by atoms with Gasteiger partial charge < -0.3 is 16.0 Å². The number of benzene rings is 1. The average molecular weight is 257 g/mol. The van der Waals surface area contributed by atoms with Gasteiger partial charge in [-0.2, -0.15) is 0 Å². The first-order valence-electron chi connectivity index (χ1n) is 6.45. The molecule has 1 saturated heterocycles. The van der Waals surface area contributed by atoms with Gasteiger partial charge in [0.1, 0.15) is 0 Å². The molecule has 0 saturated carbocycles. The highest BCUT2D eigenvalue weighted by molar-refractivity contribution is 5.78. The van der Waals surface area contributed by atoms with Crippen LogP contribution >= 0.6 is 0 Å². The molecule has 3 aliphatic rings. The maximum atomic E-state index is 4.21. The number of rotatable bonds is 2. The molecule has 0 aliphatic carbocycles. The van der Waals surface area contributed by atoms with Crippen molar-refractivity contribution in [2.75, 3.05) is 38.1 Å². The van der Waals surface area contributed by atoms with E-state index >= 15 is 0 Å². The number of anilines is 1. The average Bonchev–Trinajstić information content (AvgIpc) is 3.01. The van der Waals surface area contributed by atoms with Gasteiger partial charge in [0.25, 0.3) is 0 Å². The van der Waals surface area contributed by atoms with Crippen LogP contribution in [0, 0.1) is 0 Å². The Kier molecular flexibility index (Phi) is 2.80. The van der Waals surface area contributed by atoms with E-state index in [1.807, 2.05) is 4.68 Å². The molecule has 19 heavy (non-hydrogen) atoms. The highest BCUT2D eigenvalue weighted by Crippen LogP contribution is 2.36. The molecule has 5 nitrogen and oxygen atoms in total. The summed E-state index contributed by atoms with van der Waals surface area (Å²) < 4.78 is 1.93. The second kappa shape index (κ2) is 4.36. The lowest BCUT2D eigenvalue weighted by Gasteiger charge is -2.34. The number of piperazine rings is 1. The van der Waals surface area contributed by atoms with Gasteiger partial charge in [-0.3, -0.25) is 0 Å². The van der Waals surface area contributed by atoms with E-state index in [0.717, 1.165) is 32.0 Å². The summed E-state index contributed by atoms with van der Waals surface area (Å²) in [6, 6.07) is 8.81. The molecule has 0 amide bonds. The minimum atomic E-state index is 0. The van der Waals surface area contributed by atoms with Gasteiger partial charge in [-0.05, 0) is 24.7 Å². The molecule has 100 valence electrons. The third-order valence-electron chi connectivity index (χ3n) is 3.90. The van der Waals surface area contributed by atoms with Gasteiger partial charge in [0.05, 0.1) is 0 Å². The Morgan fingerprint density at radius 2 is 1.89 bits per heavy atom. The Balaban J connectivity index is 0.00000110. The molecule has 4 rings (SSSR count). The van der Waals surface area contributed by atoms with Gasteiger partial charge in [0, 0.05) is 43.6 Å². The van der Waals surface area contributed by atoms with Gasteiger partial charge in [-0.1, -0.05) is 12.1 Å². The molecular formula is C14H19N5. The molecule has 1 aromatic carbocycles. The van der Waals surface area contributed by atoms with E-state index in [1.54, 1.807) is 0 Å². The summed E-state index contributed by atoms with van der Waals surface area (Å²) in [6.07, 6.45) is 2.10. The Hall–Kier alpha value is -1.85. The minimum Gasteiger partial charge on any atom is -0.369 e. The first kappa shape index (κ1) is 12.2. The standard InChI is InChI=1S/C14H16N4.H3N/c1-16-5-7-17(8-6-16)12-4-2-3-11(9-12)13-10-18-14(13)15-18;/h2-4,9-10H,5-8H2,1H3;1H3. The van der Waals surface area contributed by atoms with Crippen molar-refractivity contribution < 1.29 is 0 Å². The van der Waals surface area contributed by atoms with Crippen molar-refractivity contribution in [2.24, 2.45) is 0 Å². The van der Waals surface area contributed by atoms with E-state index in [2.05, 4.69) is 52.4 Å². The second-order valence-corrected chi connectivity index (χ2v) is 5.15. The molecule has 0 unspecified atom stereocenters. The zero-order chi connectivity index (χ0) is 12.1. The highest BCUT2D eigenvalue weighted by atomic mass is 15.5. The lowest BCUT2D eigenvalue weighted by molar-refractivity contribution is 0.313. The fourth-order valence-electron chi connectivity index (χ4n) is 2.60. The predicted molar refractivity (Wildman–Crippen MR) is 77.3 cm³/mol. The SMILES string of the molecule is CN1CCN(c2cccc(-c3cn4nc3-4)c2)CC1.N. The summed E-state index contributed by atoms with van der Waals surface area (Å²) in [5, 5.41) is 4.21. The second-order valence-electron chi connectivity index (χ2n) is 5.15. The van der Waals surface area contributed by atoms with Gasteiger partial charge in [0.15, 0.2) is 5.82 Å². The molecule has 0 atom stereocenters. The van der Waals surface area contributed by atoms with Crippen LogP contribution in [0.25, 0.3) is 16.9 Å². The summed E-state index contributed by atoms with van der Waals surface area (Å²) in [6.45, 7) is 4.53. The summed E-state index contributed by atoms with van der Waals surface area (Å²) in [5.41, 5.74) is 3.91. The van der Waals surface area contributed by atoms with Crippen LogP contribution in [0.5, 0.6) is 0 Å². The number of likely N-dealkylation sites (N-methyl/N-ethyl adjacent to an activating group) is 1. The van der Waals surface area contributed by atoms with Crippen LogP contribution in [-0.4, -0.2) is 47.9 Å². The Labute approximate surface area is 113 Å². The molecule has 5 heteroatoms. The van der Waals surface area contributed by atoms with E-state index in [1.165, 1.54) is 16.8 Å². The first-order chi connectivity index (χ1) is 8.81. The Morgan fingerprint density at radius 1 is 1.11 bits per heavy atom. The predicted octanol–water partition coefficient (Wildman–Crippen LogP) is 1.77. The van der Waals surface area contributed by atoms with E-state index in [9.17, 15) is 0 Å². The molecule has 0 bridgehead atoms. The van der Waals surface area contributed by atoms with Gasteiger partial charge in [-0.25, -0.2) is 4.68 Å². The van der Waals surface area contributed by atoms with E-state index in [0.29, 0.717) is 0 Å². The van der Waals surface area contributed by atoms with Crippen molar-refractivity contribution in [3.8, 4) is 16.9 Å². The van der Waals surface area contributed by atoms with E-state index < -0.39 is 0 Å². The Bertz CT molecular complexity index is 596. The fourth-order valence-corrected chi connectivity index (χ4v) is 2.60. The number of aromatic nitrogens is 2. The molecule has 3 heterocycles. The van der Waals surface area contributed by atoms with Gasteiger partial charge in [-0.15, -0.1) is 5.10 Å². The van der Waals surface area contributed by atoms with Crippen molar-refractivity contribution >= 4 is 5.69 Å². The Morgan fingerprint density at radius 3 is 2.53 bits per heavy atom. The van der Waals surface area contributed by atoms with Crippen LogP contribution in [0.3, 0.4) is 0 Å². The summed E-state index contributed by atoms with van der Waals surface area (Å²) in [7, 11) is 2.19. The minimum absolute atomic E-state index is 0. The van der Waals surface area contributed by atoms with Crippen molar-refractivity contribution in [3.63, 3.8) is 0 Å². The van der Waals surface area contributed by atoms with Crippen LogP contribution in [0.2, 0.25) is 0 Å². The molecule has 0 aromatic heterocycles. The zero-order valence-corrected chi connectivity index (χ0v) is 11.2. The number of hydrogen-bond donors (Lipinski definition) is 1. The molecule has 1 fully saturated rings. The normalized spacial score (nSPS) is 17.2. The van der Waals surface area contributed by atoms with Crippen molar-refractivity contribution in [1.29, 1.82) is 0 Å². The van der Waals surface area contributed by atoms with Crippen molar-refractivity contribution in [1.82, 2.24) is 20.8 Å². The topological polar surface area (TPSA) is 59.3 Å². The van der Waals surface area contributed by atoms with Gasteiger partial charge >= 0.3 is 0 Å². The van der Waals surface area contributed by atoms with E-state index in [4.69, 9.17) is 0 Å². The number of nitrogens with zero attached hydrogens (tertiary/aromatic N) is 4. The van der Waals surface area contributed by atoms with Crippen LogP contribution in [0.15, 0.2) is 30.5 Å². The quantitative estimate of drug-likeness (QED) is 0.760. The largest absolute Gasteiger partial charge is 0.369 e. The molecule has 0 spiro atoms. The number of hydrogen-bond acceptors (Lipinski definition) is 4. The maximum absolute atomic E-state index is 4.21. The molecule has 1 aromatic rings. The third kappa shape index (κ3) is 2.01. The van der Waals surface area contributed by atoms with Crippen LogP contribution < -0.4 is 11.1 Å². The van der Waals surface area contributed by atoms with Crippen LogP contribution in [-0.2, 0) is 0 Å². The fraction of sp³-hybridized carbons (Fsp3) is 0.357. The monoisotopic (exact) mass is 257 g/mol. The smallest absolute Gasteiger partial charge is 0.183 e. The summed E-state index contributed by atoms with van der Waals surface area (Å²) in [4.78, 5) is 4.85. The third-order valence-corrected chi connectivity index (χ3v) is 3.90. The zero-order valence-electron chi connectivity index (χ0n) is 11.2. The lowest BCUT2D eigenvalue weighted by Crippen LogP contribution is -2.44. The molecule has 3 aliphatic heterocycles. The summed E-state index contributed by atoms with van der Waals surface area (Å²) >= 11 is 0. The van der Waals surface area contributed by atoms with Crippen LogP contribution in [0.4, 0.5) is 5.69 Å². The molecule has 3 N–H and O–H groups in total. The van der Waals surface area contributed by atoms with E-state index in [-0.39, 0.29) is 6.15 Å². The number of fused-ring (bicyclic) bond motifs is 1. The van der Waals surface area contributed by atoms with Crippen molar-refractivity contribution in [2.45, 2.75) is 0 Å².